The molecular formula is C16H25IN4O. The second-order valence-corrected chi connectivity index (χ2v) is 5.71. The third-order valence-corrected chi connectivity index (χ3v) is 3.16. The van der Waals surface area contributed by atoms with Gasteiger partial charge in [-0.25, -0.2) is 0 Å². The van der Waals surface area contributed by atoms with Gasteiger partial charge in [-0.1, -0.05) is 26.0 Å². The van der Waals surface area contributed by atoms with Crippen molar-refractivity contribution in [3.05, 3.63) is 29.8 Å². The van der Waals surface area contributed by atoms with Crippen molar-refractivity contribution in [2.45, 2.75) is 33.2 Å². The number of rotatable bonds is 5. The minimum atomic E-state index is 0. The maximum absolute atomic E-state index is 11.8. The topological polar surface area (TPSA) is 65.5 Å². The Bertz CT molecular complexity index is 517. The summed E-state index contributed by atoms with van der Waals surface area (Å²) >= 11 is 0. The van der Waals surface area contributed by atoms with Crippen LogP contribution in [0.25, 0.3) is 0 Å². The highest BCUT2D eigenvalue weighted by atomic mass is 127. The van der Waals surface area contributed by atoms with E-state index in [4.69, 9.17) is 0 Å². The third kappa shape index (κ3) is 6.64. The fraction of sp³-hybridized carbons (Fsp3) is 0.500. The van der Waals surface area contributed by atoms with Gasteiger partial charge in [-0.05, 0) is 30.0 Å². The number of benzene rings is 1. The van der Waals surface area contributed by atoms with Gasteiger partial charge in [0.1, 0.15) is 0 Å². The molecule has 22 heavy (non-hydrogen) atoms. The normalized spacial score (nSPS) is 13.7. The van der Waals surface area contributed by atoms with Crippen molar-refractivity contribution in [2.75, 3.05) is 18.4 Å². The molecule has 6 heteroatoms. The van der Waals surface area contributed by atoms with Gasteiger partial charge in [0.2, 0.25) is 5.91 Å². The molecule has 0 unspecified atom stereocenters. The van der Waals surface area contributed by atoms with Crippen LogP contribution >= 0.6 is 24.0 Å². The summed E-state index contributed by atoms with van der Waals surface area (Å²) in [7, 11) is 0. The molecule has 0 spiro atoms. The maximum atomic E-state index is 11.8. The highest BCUT2D eigenvalue weighted by molar-refractivity contribution is 14.0. The Morgan fingerprint density at radius 1 is 1.41 bits per heavy atom. The molecule has 0 aliphatic carbocycles. The smallest absolute Gasteiger partial charge is 0.224 e. The Morgan fingerprint density at radius 2 is 2.23 bits per heavy atom. The van der Waals surface area contributed by atoms with Gasteiger partial charge in [0.15, 0.2) is 5.96 Å². The fourth-order valence-corrected chi connectivity index (χ4v) is 2.18. The van der Waals surface area contributed by atoms with Crippen LogP contribution in [0.2, 0.25) is 0 Å². The Hall–Kier alpha value is -1.31. The van der Waals surface area contributed by atoms with Gasteiger partial charge in [-0.2, -0.15) is 0 Å². The van der Waals surface area contributed by atoms with Crippen molar-refractivity contribution in [3.8, 4) is 0 Å². The van der Waals surface area contributed by atoms with Crippen LogP contribution in [0.15, 0.2) is 29.3 Å². The number of amides is 1. The van der Waals surface area contributed by atoms with Gasteiger partial charge in [0.25, 0.3) is 0 Å². The van der Waals surface area contributed by atoms with Crippen molar-refractivity contribution < 1.29 is 4.79 Å². The zero-order chi connectivity index (χ0) is 15.1. The van der Waals surface area contributed by atoms with Gasteiger partial charge in [-0.3, -0.25) is 9.79 Å². The molecule has 1 heterocycles. The van der Waals surface area contributed by atoms with E-state index in [0.717, 1.165) is 36.7 Å². The lowest BCUT2D eigenvalue weighted by Crippen LogP contribution is -2.40. The Balaban J connectivity index is 0.00000242. The molecule has 1 aromatic carbocycles. The predicted octanol–water partition coefficient (Wildman–Crippen LogP) is 2.73. The van der Waals surface area contributed by atoms with Crippen molar-refractivity contribution in [3.63, 3.8) is 0 Å². The summed E-state index contributed by atoms with van der Waals surface area (Å²) in [5.41, 5.74) is 1.96. The molecule has 122 valence electrons. The molecule has 1 aliphatic rings. The first kappa shape index (κ1) is 18.7. The van der Waals surface area contributed by atoms with E-state index in [9.17, 15) is 4.79 Å². The van der Waals surface area contributed by atoms with Gasteiger partial charge < -0.3 is 16.0 Å². The summed E-state index contributed by atoms with van der Waals surface area (Å²) in [5, 5.41) is 9.44. The molecule has 0 atom stereocenters. The van der Waals surface area contributed by atoms with E-state index in [-0.39, 0.29) is 29.9 Å². The van der Waals surface area contributed by atoms with E-state index in [0.29, 0.717) is 18.9 Å². The average Bonchev–Trinajstić information content (AvgIpc) is 2.46. The summed E-state index contributed by atoms with van der Waals surface area (Å²) in [6.45, 7) is 6.62. The zero-order valence-electron chi connectivity index (χ0n) is 13.2. The van der Waals surface area contributed by atoms with Crippen LogP contribution in [0.1, 0.15) is 32.3 Å². The summed E-state index contributed by atoms with van der Waals surface area (Å²) < 4.78 is 0. The van der Waals surface area contributed by atoms with Gasteiger partial charge in [0, 0.05) is 31.7 Å². The summed E-state index contributed by atoms with van der Waals surface area (Å²) in [5.74, 6) is 1.29. The number of carbonyl (C=O) groups excluding carboxylic acids is 1. The van der Waals surface area contributed by atoms with Crippen LogP contribution in [0, 0.1) is 5.92 Å². The average molecular weight is 416 g/mol. The van der Waals surface area contributed by atoms with Crippen LogP contribution in [-0.2, 0) is 11.3 Å². The van der Waals surface area contributed by atoms with E-state index in [1.54, 1.807) is 0 Å². The number of carbonyl (C=O) groups is 1. The Morgan fingerprint density at radius 3 is 2.91 bits per heavy atom. The molecule has 1 aliphatic heterocycles. The van der Waals surface area contributed by atoms with Crippen LogP contribution in [0.3, 0.4) is 0 Å². The number of nitrogens with zero attached hydrogens (tertiary/aromatic N) is 1. The van der Waals surface area contributed by atoms with Crippen molar-refractivity contribution in [2.24, 2.45) is 10.9 Å². The molecule has 3 N–H and O–H groups in total. The maximum Gasteiger partial charge on any atom is 0.224 e. The molecule has 1 aromatic rings. The van der Waals surface area contributed by atoms with Crippen LogP contribution < -0.4 is 16.0 Å². The number of aliphatic imine (C=N–C) groups is 1. The number of halogens is 1. The summed E-state index contributed by atoms with van der Waals surface area (Å²) in [6, 6.07) is 7.90. The van der Waals surface area contributed by atoms with Crippen molar-refractivity contribution in [1.29, 1.82) is 0 Å². The Kier molecular flexibility index (Phi) is 8.22. The first-order chi connectivity index (χ1) is 10.1. The SMILES string of the molecule is CC(C)CC(=O)Nc1cccc(CNC2=NCCCN2)c1.I. The van der Waals surface area contributed by atoms with Crippen molar-refractivity contribution in [1.82, 2.24) is 10.6 Å². The number of hydrogen-bond acceptors (Lipinski definition) is 4. The molecule has 0 aromatic heterocycles. The van der Waals surface area contributed by atoms with Crippen LogP contribution in [0.5, 0.6) is 0 Å². The van der Waals surface area contributed by atoms with E-state index < -0.39 is 0 Å². The molecule has 0 bridgehead atoms. The molecule has 0 radical (unpaired) electrons. The molecule has 0 fully saturated rings. The first-order valence-electron chi connectivity index (χ1n) is 7.54. The summed E-state index contributed by atoms with van der Waals surface area (Å²) in [6.07, 6.45) is 1.63. The monoisotopic (exact) mass is 416 g/mol. The van der Waals surface area contributed by atoms with Crippen LogP contribution in [-0.4, -0.2) is 25.0 Å². The van der Waals surface area contributed by atoms with Gasteiger partial charge in [-0.15, -0.1) is 24.0 Å². The van der Waals surface area contributed by atoms with Crippen LogP contribution in [0.4, 0.5) is 5.69 Å². The highest BCUT2D eigenvalue weighted by Crippen LogP contribution is 2.12. The van der Waals surface area contributed by atoms with E-state index in [1.165, 1.54) is 0 Å². The molecule has 0 saturated heterocycles. The van der Waals surface area contributed by atoms with Gasteiger partial charge in [0.05, 0.1) is 0 Å². The molecule has 2 rings (SSSR count). The Labute approximate surface area is 149 Å². The van der Waals surface area contributed by atoms with Crippen molar-refractivity contribution >= 4 is 41.5 Å². The number of guanidine groups is 1. The lowest BCUT2D eigenvalue weighted by Gasteiger charge is -2.16. The minimum absolute atomic E-state index is 0. The summed E-state index contributed by atoms with van der Waals surface area (Å²) in [4.78, 5) is 16.2. The van der Waals surface area contributed by atoms with E-state index in [2.05, 4.69) is 20.9 Å². The highest BCUT2D eigenvalue weighted by Gasteiger charge is 2.06. The third-order valence-electron chi connectivity index (χ3n) is 3.16. The molecular weight excluding hydrogens is 391 g/mol. The van der Waals surface area contributed by atoms with E-state index >= 15 is 0 Å². The number of anilines is 1. The minimum Gasteiger partial charge on any atom is -0.356 e. The molecule has 0 saturated carbocycles. The largest absolute Gasteiger partial charge is 0.356 e. The van der Waals surface area contributed by atoms with Gasteiger partial charge >= 0.3 is 0 Å². The molecule has 1 amide bonds. The first-order valence-corrected chi connectivity index (χ1v) is 7.54. The molecule has 5 nitrogen and oxygen atoms in total. The second-order valence-electron chi connectivity index (χ2n) is 5.71. The quantitative estimate of drug-likeness (QED) is 0.647. The lowest BCUT2D eigenvalue weighted by atomic mass is 10.1. The fourth-order valence-electron chi connectivity index (χ4n) is 2.18. The lowest BCUT2D eigenvalue weighted by molar-refractivity contribution is -0.116. The van der Waals surface area contributed by atoms with E-state index in [1.807, 2.05) is 38.1 Å². The number of hydrogen-bond donors (Lipinski definition) is 3. The zero-order valence-corrected chi connectivity index (χ0v) is 15.5. The second kappa shape index (κ2) is 9.66. The number of nitrogens with one attached hydrogen (secondary N) is 3. The standard InChI is InChI=1S/C16H24N4O.HI/c1-12(2)9-15(21)20-14-6-3-5-13(10-14)11-19-16-17-7-4-8-18-16;/h3,5-6,10,12H,4,7-9,11H2,1-2H3,(H,20,21)(H2,17,18,19);1H. The predicted molar refractivity (Wildman–Crippen MR) is 102 cm³/mol.